The number of carbonyl (C=O) groups is 4. The number of ether oxygens (including phenoxy) is 2. The van der Waals surface area contributed by atoms with E-state index in [4.69, 9.17) is 20.9 Å². The van der Waals surface area contributed by atoms with Crippen molar-refractivity contribution in [3.8, 4) is 16.2 Å². The molecule has 4 heterocycles. The number of primary amides is 1. The van der Waals surface area contributed by atoms with Crippen LogP contribution in [-0.4, -0.2) is 123 Å². The number of benzene rings is 2. The normalized spacial score (nSPS) is 22.6. The van der Waals surface area contributed by atoms with E-state index in [1.807, 2.05) is 78.2 Å². The van der Waals surface area contributed by atoms with Gasteiger partial charge < -0.3 is 46.7 Å². The number of hydrogen-bond donors (Lipinski definition) is 7. The number of likely N-dealkylation sites (tertiary alicyclic amines) is 2. The number of aryl methyl sites for hydroxylation is 2. The highest BCUT2D eigenvalue weighted by Crippen LogP contribution is 2.37. The Bertz CT molecular complexity index is 2230. The van der Waals surface area contributed by atoms with Gasteiger partial charge in [0.25, 0.3) is 0 Å². The summed E-state index contributed by atoms with van der Waals surface area (Å²) in [5, 5.41) is 32.5. The molecule has 3 aliphatic heterocycles. The van der Waals surface area contributed by atoms with E-state index in [0.29, 0.717) is 57.2 Å². The Morgan fingerprint density at radius 3 is 2.40 bits per heavy atom. The quantitative estimate of drug-likeness (QED) is 0.0428. The largest absolute Gasteiger partial charge is 0.488 e. The number of halogens is 1. The van der Waals surface area contributed by atoms with E-state index < -0.39 is 65.4 Å². The van der Waals surface area contributed by atoms with E-state index in [2.05, 4.69) is 20.9 Å². The van der Waals surface area contributed by atoms with Crippen molar-refractivity contribution in [1.29, 1.82) is 0 Å². The standard InChI is InChI=1S/C52H77FN8O8S/c1-31(2)25-39(54)49(66)60-24-12-15-40(60)47(64)58-37(21-22-43(55)63)28-68-42-16-11-14-35(44(42)53)13-9-8-10-23-52(29-69-52)59-46(51(5,6)7)50(67)61-27-38(62)26-41(61)48(65)57-32(3)34-17-19-36(20-18-34)45-33(4)56-30-70-45/h11,14,16-20,30-32,37-41,46,50,59,62,67H,8-10,12-13,15,21-29,54H2,1-7H3,(H2,55,63)(H,57,65)(H,58,64)/t32-,37-,38+,39-,40-,41-,46+,50?,52?/m0/s1. The number of aliphatic hydroxyl groups excluding tert-OH is 2. The Balaban J connectivity index is 0.987. The Kier molecular flexibility index (Phi) is 19.0. The summed E-state index contributed by atoms with van der Waals surface area (Å²) in [5.41, 5.74) is 15.8. The molecule has 0 radical (unpaired) electrons. The number of unbranched alkanes of at least 4 members (excludes halogenated alkanes) is 2. The van der Waals surface area contributed by atoms with Crippen LogP contribution in [-0.2, 0) is 30.3 Å². The molecule has 0 aliphatic carbocycles. The summed E-state index contributed by atoms with van der Waals surface area (Å²) in [6.45, 7) is 14.9. The number of rotatable bonds is 25. The Hall–Kier alpha value is -4.56. The highest BCUT2D eigenvalue weighted by molar-refractivity contribution is 7.13. The number of nitrogens with one attached hydrogen (secondary N) is 3. The van der Waals surface area contributed by atoms with Crippen LogP contribution in [0.4, 0.5) is 4.39 Å². The van der Waals surface area contributed by atoms with Crippen molar-refractivity contribution in [2.24, 2.45) is 22.8 Å². The van der Waals surface area contributed by atoms with E-state index >= 15 is 4.39 Å². The van der Waals surface area contributed by atoms with Gasteiger partial charge in [0, 0.05) is 19.5 Å². The molecule has 3 saturated heterocycles. The lowest BCUT2D eigenvalue weighted by Gasteiger charge is -2.42. The number of β-amino-alcohol motifs (C(OH)–C–C–N with tert-alkyl or cyclic N) is 1. The fourth-order valence-corrected chi connectivity index (χ4v) is 10.6. The van der Waals surface area contributed by atoms with Gasteiger partial charge in [-0.25, -0.2) is 9.37 Å². The Labute approximate surface area is 416 Å². The summed E-state index contributed by atoms with van der Waals surface area (Å²) >= 11 is 1.59. The van der Waals surface area contributed by atoms with Crippen molar-refractivity contribution in [1.82, 2.24) is 30.7 Å². The zero-order valence-electron chi connectivity index (χ0n) is 42.0. The molecule has 3 aliphatic rings. The molecule has 386 valence electrons. The maximum atomic E-state index is 15.9. The fraction of sp³-hybridized carbons (Fsp3) is 0.635. The van der Waals surface area contributed by atoms with E-state index in [-0.39, 0.29) is 67.8 Å². The highest BCUT2D eigenvalue weighted by Gasteiger charge is 2.51. The Morgan fingerprint density at radius 2 is 1.76 bits per heavy atom. The van der Waals surface area contributed by atoms with Crippen LogP contribution in [0.2, 0.25) is 0 Å². The van der Waals surface area contributed by atoms with Crippen LogP contribution in [0.5, 0.6) is 5.75 Å². The third kappa shape index (κ3) is 14.5. The van der Waals surface area contributed by atoms with Crippen molar-refractivity contribution < 1.29 is 43.3 Å². The summed E-state index contributed by atoms with van der Waals surface area (Å²) in [5.74, 6) is -1.69. The predicted octanol–water partition coefficient (Wildman–Crippen LogP) is 5.22. The van der Waals surface area contributed by atoms with E-state index in [9.17, 15) is 29.4 Å². The van der Waals surface area contributed by atoms with Crippen molar-refractivity contribution in [2.75, 3.05) is 26.3 Å². The van der Waals surface area contributed by atoms with Gasteiger partial charge in [-0.15, -0.1) is 11.3 Å². The summed E-state index contributed by atoms with van der Waals surface area (Å²) in [6.07, 6.45) is 3.45. The molecular formula is C52H77FN8O8S. The molecule has 70 heavy (non-hydrogen) atoms. The number of aromatic nitrogens is 1. The van der Waals surface area contributed by atoms with Crippen LogP contribution in [0.25, 0.3) is 10.4 Å². The van der Waals surface area contributed by atoms with Crippen molar-refractivity contribution >= 4 is 35.0 Å². The van der Waals surface area contributed by atoms with Crippen LogP contribution in [0, 0.1) is 24.1 Å². The van der Waals surface area contributed by atoms with Crippen LogP contribution < -0.4 is 32.2 Å². The monoisotopic (exact) mass is 993 g/mol. The number of nitrogens with zero attached hydrogens (tertiary/aromatic N) is 3. The third-order valence-corrected chi connectivity index (χ3v) is 14.8. The molecule has 4 amide bonds. The molecular weight excluding hydrogens is 916 g/mol. The summed E-state index contributed by atoms with van der Waals surface area (Å²) in [7, 11) is 0. The van der Waals surface area contributed by atoms with Gasteiger partial charge in [0.2, 0.25) is 23.6 Å². The van der Waals surface area contributed by atoms with E-state index in [1.165, 1.54) is 11.0 Å². The zero-order valence-corrected chi connectivity index (χ0v) is 42.9. The number of amides is 4. The van der Waals surface area contributed by atoms with Gasteiger partial charge in [-0.2, -0.15) is 0 Å². The third-order valence-electron chi connectivity index (χ3n) is 13.9. The minimum absolute atomic E-state index is 0.0178. The molecule has 0 spiro atoms. The van der Waals surface area contributed by atoms with E-state index in [1.54, 1.807) is 28.4 Å². The molecule has 0 bridgehead atoms. The molecule has 9 N–H and O–H groups in total. The second-order valence-electron chi connectivity index (χ2n) is 21.1. The molecule has 18 heteroatoms. The number of nitrogens with two attached hydrogens (primary N) is 2. The minimum Gasteiger partial charge on any atom is -0.488 e. The first-order chi connectivity index (χ1) is 33.2. The molecule has 9 atom stereocenters. The van der Waals surface area contributed by atoms with E-state index in [0.717, 1.165) is 34.5 Å². The Morgan fingerprint density at radius 1 is 1.04 bits per heavy atom. The predicted molar refractivity (Wildman–Crippen MR) is 268 cm³/mol. The zero-order chi connectivity index (χ0) is 50.9. The SMILES string of the molecule is Cc1ncsc1-c1ccc([C@H](C)NC(=O)[C@@H]2C[C@@H](O)CN2C(O)[C@@H](NC2(CCCCCc3cccc(OC[C@H](CCC(N)=O)NC(=O)[C@@H]4CCCN4C(=O)[C@@H](N)CC(C)C)c3F)CO2)C(C)(C)C)cc1. The average molecular weight is 993 g/mol. The van der Waals surface area contributed by atoms with Gasteiger partial charge in [0.15, 0.2) is 11.6 Å². The van der Waals surface area contributed by atoms with Gasteiger partial charge >= 0.3 is 0 Å². The minimum atomic E-state index is -1.11. The summed E-state index contributed by atoms with van der Waals surface area (Å²) in [6, 6.07) is 9.40. The highest BCUT2D eigenvalue weighted by atomic mass is 32.1. The number of epoxide rings is 1. The van der Waals surface area contributed by atoms with Crippen molar-refractivity contribution in [3.05, 3.63) is 70.6 Å². The first-order valence-electron chi connectivity index (χ1n) is 25.1. The van der Waals surface area contributed by atoms with Crippen molar-refractivity contribution in [3.63, 3.8) is 0 Å². The van der Waals surface area contributed by atoms with Crippen LogP contribution in [0.3, 0.4) is 0 Å². The summed E-state index contributed by atoms with van der Waals surface area (Å²) in [4.78, 5) is 60.9. The maximum Gasteiger partial charge on any atom is 0.243 e. The van der Waals surface area contributed by atoms with Gasteiger partial charge in [-0.1, -0.05) is 77.4 Å². The fourth-order valence-electron chi connectivity index (χ4n) is 9.77. The molecule has 1 aromatic heterocycles. The van der Waals surface area contributed by atoms with Gasteiger partial charge in [0.05, 0.1) is 59.0 Å². The smallest absolute Gasteiger partial charge is 0.243 e. The van der Waals surface area contributed by atoms with Gasteiger partial charge in [-0.3, -0.25) is 29.4 Å². The maximum absolute atomic E-state index is 15.9. The lowest BCUT2D eigenvalue weighted by molar-refractivity contribution is -0.140. The number of carbonyl (C=O) groups excluding carboxylic acids is 4. The number of thiazole rings is 1. The molecule has 16 nitrogen and oxygen atoms in total. The second-order valence-corrected chi connectivity index (χ2v) is 22.0. The molecule has 2 aromatic carbocycles. The van der Waals surface area contributed by atoms with Crippen LogP contribution >= 0.6 is 11.3 Å². The molecule has 2 unspecified atom stereocenters. The first kappa shape index (κ1) is 54.8. The first-order valence-corrected chi connectivity index (χ1v) is 25.9. The topological polar surface area (TPSA) is 238 Å². The lowest BCUT2D eigenvalue weighted by Crippen LogP contribution is -2.61. The molecule has 6 rings (SSSR count). The second kappa shape index (κ2) is 24.2. The molecule has 0 saturated carbocycles. The average Bonchev–Trinajstić information content (AvgIpc) is 3.59. The molecule has 3 fully saturated rings. The van der Waals surface area contributed by atoms with Gasteiger partial charge in [-0.05, 0) is 106 Å². The lowest BCUT2D eigenvalue weighted by atomic mass is 9.84. The van der Waals surface area contributed by atoms with Crippen molar-refractivity contribution in [2.45, 2.75) is 173 Å². The van der Waals surface area contributed by atoms with Gasteiger partial charge in [0.1, 0.15) is 24.6 Å². The summed E-state index contributed by atoms with van der Waals surface area (Å²) < 4.78 is 27.8. The molecule has 3 aromatic rings. The number of aliphatic hydroxyl groups is 2. The van der Waals surface area contributed by atoms with Crippen LogP contribution in [0.1, 0.15) is 129 Å². The number of hydrogen-bond acceptors (Lipinski definition) is 13. The van der Waals surface area contributed by atoms with Crippen LogP contribution in [0.15, 0.2) is 48.0 Å².